The second-order valence-corrected chi connectivity index (χ2v) is 6.71. The van der Waals surface area contributed by atoms with Gasteiger partial charge in [-0.1, -0.05) is 12.1 Å². The SMILES string of the molecule is CCn1ncn2cc(S(=O)(=O)Nc3ccccc3OC)cc2c1=O. The summed E-state index contributed by atoms with van der Waals surface area (Å²) in [6.45, 7) is 2.19. The molecule has 1 N–H and O–H groups in total. The molecule has 126 valence electrons. The maximum atomic E-state index is 12.6. The first-order valence-corrected chi connectivity index (χ1v) is 8.68. The van der Waals surface area contributed by atoms with Crippen LogP contribution in [0.2, 0.25) is 0 Å². The van der Waals surface area contributed by atoms with Gasteiger partial charge < -0.3 is 4.74 Å². The maximum Gasteiger partial charge on any atom is 0.291 e. The third-order valence-electron chi connectivity index (χ3n) is 3.55. The van der Waals surface area contributed by atoms with Gasteiger partial charge in [0.1, 0.15) is 22.5 Å². The number of fused-ring (bicyclic) bond motifs is 1. The topological polar surface area (TPSA) is 94.7 Å². The number of nitrogens with zero attached hydrogens (tertiary/aromatic N) is 3. The third-order valence-corrected chi connectivity index (χ3v) is 4.89. The molecule has 0 saturated carbocycles. The first-order valence-electron chi connectivity index (χ1n) is 7.20. The average molecular weight is 348 g/mol. The lowest BCUT2D eigenvalue weighted by Crippen LogP contribution is -2.23. The van der Waals surface area contributed by atoms with Crippen LogP contribution in [0.5, 0.6) is 5.75 Å². The van der Waals surface area contributed by atoms with Gasteiger partial charge in [0.15, 0.2) is 0 Å². The molecule has 2 heterocycles. The van der Waals surface area contributed by atoms with Crippen LogP contribution in [-0.4, -0.2) is 29.7 Å². The molecule has 0 spiro atoms. The predicted molar refractivity (Wildman–Crippen MR) is 88.9 cm³/mol. The number of para-hydroxylation sites is 2. The van der Waals surface area contributed by atoms with E-state index in [1.165, 1.54) is 34.8 Å². The highest BCUT2D eigenvalue weighted by Crippen LogP contribution is 2.26. The molecular formula is C15H16N4O4S. The van der Waals surface area contributed by atoms with Gasteiger partial charge in [-0.15, -0.1) is 0 Å². The summed E-state index contributed by atoms with van der Waals surface area (Å²) < 4.78 is 35.5. The molecule has 0 unspecified atom stereocenters. The van der Waals surface area contributed by atoms with Crippen molar-refractivity contribution in [2.24, 2.45) is 0 Å². The molecule has 8 nitrogen and oxygen atoms in total. The van der Waals surface area contributed by atoms with Crippen molar-refractivity contribution in [3.8, 4) is 5.75 Å². The van der Waals surface area contributed by atoms with Crippen LogP contribution < -0.4 is 15.0 Å². The van der Waals surface area contributed by atoms with E-state index in [-0.39, 0.29) is 16.0 Å². The van der Waals surface area contributed by atoms with Gasteiger partial charge >= 0.3 is 0 Å². The zero-order valence-electron chi connectivity index (χ0n) is 13.1. The minimum absolute atomic E-state index is 0.0267. The van der Waals surface area contributed by atoms with E-state index in [2.05, 4.69) is 9.82 Å². The minimum Gasteiger partial charge on any atom is -0.495 e. The Morgan fingerprint density at radius 2 is 2.04 bits per heavy atom. The molecule has 0 radical (unpaired) electrons. The molecule has 1 aromatic carbocycles. The van der Waals surface area contributed by atoms with Crippen molar-refractivity contribution in [2.75, 3.05) is 11.8 Å². The Kier molecular flexibility index (Phi) is 4.02. The summed E-state index contributed by atoms with van der Waals surface area (Å²) in [6, 6.07) is 8.01. The van der Waals surface area contributed by atoms with E-state index in [1.807, 2.05) is 0 Å². The van der Waals surface area contributed by atoms with Crippen molar-refractivity contribution in [2.45, 2.75) is 18.4 Å². The molecular weight excluding hydrogens is 332 g/mol. The van der Waals surface area contributed by atoms with E-state index >= 15 is 0 Å². The van der Waals surface area contributed by atoms with Crippen molar-refractivity contribution in [1.82, 2.24) is 14.2 Å². The Balaban J connectivity index is 2.05. The predicted octanol–water partition coefficient (Wildman–Crippen LogP) is 1.33. The van der Waals surface area contributed by atoms with Gasteiger partial charge in [0.25, 0.3) is 15.6 Å². The molecule has 0 amide bonds. The number of methoxy groups -OCH3 is 1. The zero-order valence-corrected chi connectivity index (χ0v) is 13.9. The number of aryl methyl sites for hydroxylation is 1. The van der Waals surface area contributed by atoms with Crippen LogP contribution in [0.3, 0.4) is 0 Å². The standard InChI is InChI=1S/C15H16N4O4S/c1-3-19-15(20)13-8-11(9-18(13)10-16-19)24(21,22)17-12-6-4-5-7-14(12)23-2/h4-10,17H,3H2,1-2H3. The highest BCUT2D eigenvalue weighted by Gasteiger charge is 2.19. The average Bonchev–Trinajstić information content (AvgIpc) is 3.01. The fourth-order valence-corrected chi connectivity index (χ4v) is 3.42. The van der Waals surface area contributed by atoms with Gasteiger partial charge in [0.05, 0.1) is 12.8 Å². The first kappa shape index (κ1) is 16.1. The summed E-state index contributed by atoms with van der Waals surface area (Å²) in [5.74, 6) is 0.403. The lowest BCUT2D eigenvalue weighted by molar-refractivity contribution is 0.417. The Hall–Kier alpha value is -2.81. The highest BCUT2D eigenvalue weighted by atomic mass is 32.2. The van der Waals surface area contributed by atoms with Crippen molar-refractivity contribution in [3.63, 3.8) is 0 Å². The summed E-state index contributed by atoms with van der Waals surface area (Å²) in [4.78, 5) is 12.2. The van der Waals surface area contributed by atoms with Crippen LogP contribution in [0, 0.1) is 0 Å². The van der Waals surface area contributed by atoms with E-state index in [0.717, 1.165) is 0 Å². The lowest BCUT2D eigenvalue weighted by Gasteiger charge is -2.10. The van der Waals surface area contributed by atoms with Crippen LogP contribution in [0.15, 0.2) is 52.5 Å². The van der Waals surface area contributed by atoms with Crippen molar-refractivity contribution < 1.29 is 13.2 Å². The fraction of sp³-hybridized carbons (Fsp3) is 0.200. The molecule has 9 heteroatoms. The Morgan fingerprint density at radius 3 is 2.75 bits per heavy atom. The minimum atomic E-state index is -3.87. The van der Waals surface area contributed by atoms with Gasteiger partial charge in [0.2, 0.25) is 0 Å². The summed E-state index contributed by atoms with van der Waals surface area (Å²) in [5.41, 5.74) is 0.213. The van der Waals surface area contributed by atoms with Gasteiger partial charge in [-0.25, -0.2) is 13.1 Å². The van der Waals surface area contributed by atoms with Crippen LogP contribution in [0.25, 0.3) is 5.52 Å². The van der Waals surface area contributed by atoms with E-state index < -0.39 is 10.0 Å². The van der Waals surface area contributed by atoms with Gasteiger partial charge in [-0.3, -0.25) is 13.9 Å². The Morgan fingerprint density at radius 1 is 1.29 bits per heavy atom. The molecule has 3 aromatic rings. The Bertz CT molecular complexity index is 1050. The van der Waals surface area contributed by atoms with Crippen LogP contribution in [0.1, 0.15) is 6.92 Å². The molecule has 0 fully saturated rings. The molecule has 0 aliphatic rings. The maximum absolute atomic E-state index is 12.6. The molecule has 24 heavy (non-hydrogen) atoms. The number of benzene rings is 1. The fourth-order valence-electron chi connectivity index (χ4n) is 2.33. The third kappa shape index (κ3) is 2.73. The smallest absolute Gasteiger partial charge is 0.291 e. The summed E-state index contributed by atoms with van der Waals surface area (Å²) >= 11 is 0. The van der Waals surface area contributed by atoms with E-state index in [1.54, 1.807) is 31.2 Å². The highest BCUT2D eigenvalue weighted by molar-refractivity contribution is 7.92. The number of hydrogen-bond donors (Lipinski definition) is 1. The van der Waals surface area contributed by atoms with E-state index in [4.69, 9.17) is 4.74 Å². The number of nitrogens with one attached hydrogen (secondary N) is 1. The van der Waals surface area contributed by atoms with Crippen molar-refractivity contribution >= 4 is 21.2 Å². The second kappa shape index (κ2) is 6.00. The number of sulfonamides is 1. The van der Waals surface area contributed by atoms with Gasteiger partial charge in [0, 0.05) is 12.7 Å². The molecule has 0 aliphatic heterocycles. The van der Waals surface area contributed by atoms with Crippen molar-refractivity contribution in [1.29, 1.82) is 0 Å². The normalized spacial score (nSPS) is 11.6. The molecule has 0 atom stereocenters. The molecule has 3 rings (SSSR count). The number of rotatable bonds is 5. The molecule has 0 saturated heterocycles. The Labute approximate surface area is 138 Å². The number of hydrogen-bond acceptors (Lipinski definition) is 5. The lowest BCUT2D eigenvalue weighted by atomic mass is 10.3. The largest absolute Gasteiger partial charge is 0.495 e. The van der Waals surface area contributed by atoms with Crippen molar-refractivity contribution in [3.05, 3.63) is 53.2 Å². The number of anilines is 1. The monoisotopic (exact) mass is 348 g/mol. The molecule has 0 aliphatic carbocycles. The molecule has 2 aromatic heterocycles. The second-order valence-electron chi connectivity index (χ2n) is 5.03. The van der Waals surface area contributed by atoms with Crippen LogP contribution in [-0.2, 0) is 16.6 Å². The summed E-state index contributed by atoms with van der Waals surface area (Å²) in [7, 11) is -2.41. The van der Waals surface area contributed by atoms with Crippen LogP contribution >= 0.6 is 0 Å². The zero-order chi connectivity index (χ0) is 17.3. The van der Waals surface area contributed by atoms with Gasteiger partial charge in [-0.2, -0.15) is 5.10 Å². The molecule has 0 bridgehead atoms. The van der Waals surface area contributed by atoms with Gasteiger partial charge in [-0.05, 0) is 25.1 Å². The summed E-state index contributed by atoms with van der Waals surface area (Å²) in [6.07, 6.45) is 2.75. The van der Waals surface area contributed by atoms with E-state index in [9.17, 15) is 13.2 Å². The van der Waals surface area contributed by atoms with Crippen LogP contribution in [0.4, 0.5) is 5.69 Å². The van der Waals surface area contributed by atoms with E-state index in [0.29, 0.717) is 18.0 Å². The summed E-state index contributed by atoms with van der Waals surface area (Å²) in [5, 5.41) is 3.96. The number of aromatic nitrogens is 3. The quantitative estimate of drug-likeness (QED) is 0.750. The first-order chi connectivity index (χ1) is 11.5. The number of ether oxygens (including phenoxy) is 1.